The van der Waals surface area contributed by atoms with Gasteiger partial charge < -0.3 is 0 Å². The molecule has 1 atom stereocenters. The molecule has 4 aromatic rings. The maximum absolute atomic E-state index is 12.5. The van der Waals surface area contributed by atoms with Crippen molar-refractivity contribution >= 4 is 33.8 Å². The molecule has 31 heavy (non-hydrogen) atoms. The van der Waals surface area contributed by atoms with Crippen LogP contribution < -0.4 is 15.8 Å². The smallest absolute Gasteiger partial charge is 0.267 e. The molecule has 0 spiro atoms. The van der Waals surface area contributed by atoms with E-state index in [2.05, 4.69) is 34.7 Å². The summed E-state index contributed by atoms with van der Waals surface area (Å²) in [5.74, 6) is 3.01. The van der Waals surface area contributed by atoms with Gasteiger partial charge in [-0.1, -0.05) is 49.6 Å². The van der Waals surface area contributed by atoms with E-state index in [-0.39, 0.29) is 11.4 Å². The third-order valence-corrected chi connectivity index (χ3v) is 5.72. The molecule has 2 heterocycles. The van der Waals surface area contributed by atoms with Gasteiger partial charge in [0, 0.05) is 17.4 Å². The van der Waals surface area contributed by atoms with E-state index in [1.165, 1.54) is 0 Å². The second-order valence-electron chi connectivity index (χ2n) is 7.83. The van der Waals surface area contributed by atoms with Crippen LogP contribution in [-0.2, 0) is 6.54 Å². The Morgan fingerprint density at radius 2 is 1.81 bits per heavy atom. The Labute approximate surface area is 183 Å². The summed E-state index contributed by atoms with van der Waals surface area (Å²) in [7, 11) is 0. The second-order valence-corrected chi connectivity index (χ2v) is 8.27. The minimum atomic E-state index is -0.572. The molecule has 2 aromatic heterocycles. The number of fused-ring (bicyclic) bond motifs is 2. The number of benzene rings is 2. The molecule has 0 aliphatic rings. The molecule has 1 unspecified atom stereocenters. The van der Waals surface area contributed by atoms with Crippen LogP contribution in [0.2, 0.25) is 5.02 Å². The molecule has 156 valence electrons. The summed E-state index contributed by atoms with van der Waals surface area (Å²) in [6, 6.07) is 13.5. The highest BCUT2D eigenvalue weighted by Crippen LogP contribution is 2.23. The van der Waals surface area contributed by atoms with E-state index >= 15 is 0 Å². The van der Waals surface area contributed by atoms with Crippen molar-refractivity contribution in [1.29, 1.82) is 0 Å². The largest absolute Gasteiger partial charge is 0.413 e. The van der Waals surface area contributed by atoms with E-state index in [9.17, 15) is 9.59 Å². The van der Waals surface area contributed by atoms with Gasteiger partial charge in [-0.25, -0.2) is 14.3 Å². The summed E-state index contributed by atoms with van der Waals surface area (Å²) in [4.78, 5) is 34.0. The fraction of sp³-hybridized carbons (Fsp3) is 0.250. The topological polar surface area (TPSA) is 82.5 Å². The van der Waals surface area contributed by atoms with Gasteiger partial charge in [0.15, 0.2) is 5.52 Å². The van der Waals surface area contributed by atoms with E-state index in [1.807, 2.05) is 47.0 Å². The maximum Gasteiger partial charge on any atom is 0.413 e. The molecule has 0 saturated carbocycles. The van der Waals surface area contributed by atoms with Crippen LogP contribution in [-0.4, -0.2) is 15.0 Å². The van der Waals surface area contributed by atoms with Gasteiger partial charge in [-0.3, -0.25) is 9.78 Å². The van der Waals surface area contributed by atoms with Crippen LogP contribution in [0, 0.1) is 12.3 Å². The Morgan fingerprint density at radius 1 is 1.10 bits per heavy atom. The number of terminal acetylenes is 1. The molecule has 0 saturated heterocycles. The number of rotatable bonds is 5. The van der Waals surface area contributed by atoms with Crippen molar-refractivity contribution in [1.82, 2.24) is 15.0 Å². The number of aromatic amines is 2. The zero-order valence-corrected chi connectivity index (χ0v) is 18.0. The number of hydrogen-bond acceptors (Lipinski definition) is 3. The lowest BCUT2D eigenvalue weighted by Gasteiger charge is -2.13. The van der Waals surface area contributed by atoms with Crippen LogP contribution >= 0.6 is 11.6 Å². The molecule has 7 heteroatoms. The van der Waals surface area contributed by atoms with Gasteiger partial charge in [0.1, 0.15) is 5.52 Å². The molecule has 0 aliphatic carbocycles. The highest BCUT2D eigenvalue weighted by Gasteiger charge is 2.20. The number of hydrogen-bond donors (Lipinski definition) is 2. The van der Waals surface area contributed by atoms with E-state index < -0.39 is 11.2 Å². The van der Waals surface area contributed by atoms with E-state index in [0.29, 0.717) is 35.1 Å². The van der Waals surface area contributed by atoms with Crippen LogP contribution in [0.3, 0.4) is 0 Å². The molecule has 4 rings (SSSR count). The first kappa shape index (κ1) is 20.8. The minimum Gasteiger partial charge on any atom is -0.267 e. The van der Waals surface area contributed by atoms with Crippen molar-refractivity contribution in [3.8, 4) is 12.3 Å². The first-order chi connectivity index (χ1) is 14.9. The molecule has 0 amide bonds. The van der Waals surface area contributed by atoms with Crippen LogP contribution in [0.1, 0.15) is 43.2 Å². The standard InChI is InChI=1S/C24H21ClN4O2/c1-4-15(16-5-8-18(25)9-6-16)11-12-29-20-10-7-17(14(2)3)13-19(20)26-21-22(29)27-24(31)28-23(21)30/h1,5-10,13-15H,11-12H2,2-3H3,(H,28,30,31)/p+1. The summed E-state index contributed by atoms with van der Waals surface area (Å²) < 4.78 is 1.92. The van der Waals surface area contributed by atoms with Crippen molar-refractivity contribution in [2.75, 3.05) is 0 Å². The van der Waals surface area contributed by atoms with Crippen molar-refractivity contribution in [3.63, 3.8) is 0 Å². The molecule has 2 N–H and O–H groups in total. The first-order valence-corrected chi connectivity index (χ1v) is 10.5. The molecule has 6 nitrogen and oxygen atoms in total. The minimum absolute atomic E-state index is 0.147. The molecule has 2 aromatic carbocycles. The number of H-pyrrole nitrogens is 2. The van der Waals surface area contributed by atoms with Crippen LogP contribution in [0.4, 0.5) is 0 Å². The molecule has 0 bridgehead atoms. The number of nitrogens with one attached hydrogen (secondary N) is 2. The van der Waals surface area contributed by atoms with Crippen LogP contribution in [0.25, 0.3) is 22.2 Å². The predicted molar refractivity (Wildman–Crippen MR) is 122 cm³/mol. The van der Waals surface area contributed by atoms with Gasteiger partial charge in [0.05, 0.1) is 6.54 Å². The van der Waals surface area contributed by atoms with E-state index in [4.69, 9.17) is 18.0 Å². The van der Waals surface area contributed by atoms with Gasteiger partial charge in [-0.05, 0) is 41.3 Å². The lowest BCUT2D eigenvalue weighted by molar-refractivity contribution is -0.648. The molecular weight excluding hydrogens is 412 g/mol. The number of halogens is 1. The average Bonchev–Trinajstić information content (AvgIpc) is 2.74. The zero-order chi connectivity index (χ0) is 22.1. The van der Waals surface area contributed by atoms with Gasteiger partial charge in [0.2, 0.25) is 5.52 Å². The summed E-state index contributed by atoms with van der Waals surface area (Å²) in [6.07, 6.45) is 6.43. The fourth-order valence-electron chi connectivity index (χ4n) is 3.76. The quantitative estimate of drug-likeness (QED) is 0.286. The highest BCUT2D eigenvalue weighted by molar-refractivity contribution is 6.30. The summed E-state index contributed by atoms with van der Waals surface area (Å²) in [6.45, 7) is 4.70. The van der Waals surface area contributed by atoms with E-state index in [0.717, 1.165) is 16.6 Å². The molecule has 0 radical (unpaired) electrons. The zero-order valence-electron chi connectivity index (χ0n) is 17.3. The normalized spacial score (nSPS) is 12.4. The van der Waals surface area contributed by atoms with Crippen molar-refractivity contribution in [3.05, 3.63) is 79.5 Å². The molecule has 0 fully saturated rings. The van der Waals surface area contributed by atoms with Crippen LogP contribution in [0.15, 0.2) is 52.1 Å². The Kier molecular flexibility index (Phi) is 5.62. The Hall–Kier alpha value is -3.43. The van der Waals surface area contributed by atoms with Crippen molar-refractivity contribution in [2.24, 2.45) is 0 Å². The van der Waals surface area contributed by atoms with Gasteiger partial charge in [-0.2, -0.15) is 4.98 Å². The first-order valence-electron chi connectivity index (χ1n) is 10.1. The predicted octanol–water partition coefficient (Wildman–Crippen LogP) is 3.64. The summed E-state index contributed by atoms with van der Waals surface area (Å²) in [5.41, 5.74) is 3.11. The third kappa shape index (κ3) is 4.10. The van der Waals surface area contributed by atoms with Crippen molar-refractivity contribution in [2.45, 2.75) is 38.6 Å². The Balaban J connectivity index is 1.85. The van der Waals surface area contributed by atoms with Gasteiger partial charge >= 0.3 is 11.3 Å². The Morgan fingerprint density at radius 3 is 2.48 bits per heavy atom. The second kappa shape index (κ2) is 8.37. The Bertz CT molecular complexity index is 1430. The summed E-state index contributed by atoms with van der Waals surface area (Å²) in [5, 5.41) is 0.651. The third-order valence-electron chi connectivity index (χ3n) is 5.47. The SMILES string of the molecule is C#CC(CC[n+]1c2ccc(C(C)C)cc2nc2c(=O)[nH]c(=O)[nH]c21)c1ccc(Cl)cc1. The lowest BCUT2D eigenvalue weighted by atomic mass is 9.96. The van der Waals surface area contributed by atoms with Gasteiger partial charge in [-0.15, -0.1) is 6.42 Å². The van der Waals surface area contributed by atoms with Gasteiger partial charge in [0.25, 0.3) is 5.56 Å². The highest BCUT2D eigenvalue weighted by atomic mass is 35.5. The maximum atomic E-state index is 12.5. The lowest BCUT2D eigenvalue weighted by Crippen LogP contribution is -2.41. The number of nitrogens with zero attached hydrogens (tertiary/aromatic N) is 2. The molecule has 0 aliphatic heterocycles. The van der Waals surface area contributed by atoms with Crippen LogP contribution in [0.5, 0.6) is 0 Å². The fourth-order valence-corrected chi connectivity index (χ4v) is 3.88. The molecular formula is C24H22ClN4O2+. The summed E-state index contributed by atoms with van der Waals surface area (Å²) >= 11 is 6.00. The number of aryl methyl sites for hydroxylation is 1. The average molecular weight is 434 g/mol. The van der Waals surface area contributed by atoms with E-state index in [1.54, 1.807) is 0 Å². The monoisotopic (exact) mass is 433 g/mol. The number of aromatic nitrogens is 4. The van der Waals surface area contributed by atoms with Crippen molar-refractivity contribution < 1.29 is 4.57 Å².